The van der Waals surface area contributed by atoms with E-state index in [1.54, 1.807) is 11.1 Å². The Kier molecular flexibility index (Phi) is 4.13. The fraction of sp³-hybridized carbons (Fsp3) is 0.357. The first-order chi connectivity index (χ1) is 13.9. The maximum atomic E-state index is 2.47. The molecular formula is C28H31N. The smallest absolute Gasteiger partial charge is 0.0411 e. The minimum atomic E-state index is 0.186. The molecule has 1 saturated carbocycles. The van der Waals surface area contributed by atoms with Gasteiger partial charge in [0.15, 0.2) is 0 Å². The average Bonchev–Trinajstić information content (AvgIpc) is 3.32. The van der Waals surface area contributed by atoms with Crippen molar-refractivity contribution >= 4 is 11.4 Å². The van der Waals surface area contributed by atoms with Crippen LogP contribution in [0.5, 0.6) is 0 Å². The lowest BCUT2D eigenvalue weighted by molar-refractivity contribution is 0.550. The zero-order valence-corrected chi connectivity index (χ0v) is 18.1. The topological polar surface area (TPSA) is 3.24 Å². The van der Waals surface area contributed by atoms with Gasteiger partial charge in [-0.1, -0.05) is 76.1 Å². The Morgan fingerprint density at radius 3 is 2.03 bits per heavy atom. The number of benzene rings is 3. The van der Waals surface area contributed by atoms with Gasteiger partial charge in [0.1, 0.15) is 0 Å². The van der Waals surface area contributed by atoms with Crippen molar-refractivity contribution in [2.75, 3.05) is 11.9 Å². The Balaban J connectivity index is 1.55. The fourth-order valence-corrected chi connectivity index (χ4v) is 5.50. The Labute approximate surface area is 175 Å². The van der Waals surface area contributed by atoms with E-state index in [0.29, 0.717) is 0 Å². The molecule has 5 rings (SSSR count). The third-order valence-electron chi connectivity index (χ3n) is 7.22. The fourth-order valence-electron chi connectivity index (χ4n) is 5.50. The molecule has 0 aromatic heterocycles. The van der Waals surface area contributed by atoms with Crippen molar-refractivity contribution in [3.63, 3.8) is 0 Å². The maximum absolute atomic E-state index is 2.47. The van der Waals surface area contributed by atoms with E-state index in [2.05, 4.69) is 99.4 Å². The molecule has 3 aromatic rings. The zero-order chi connectivity index (χ0) is 20.2. The molecule has 1 fully saturated rings. The van der Waals surface area contributed by atoms with Crippen LogP contribution >= 0.6 is 0 Å². The van der Waals surface area contributed by atoms with Gasteiger partial charge in [-0.3, -0.25) is 0 Å². The molecule has 29 heavy (non-hydrogen) atoms. The number of hydrogen-bond donors (Lipinski definition) is 0. The number of fused-ring (bicyclic) bond motifs is 5. The van der Waals surface area contributed by atoms with Crippen LogP contribution in [0.4, 0.5) is 11.4 Å². The standard InChI is InChI=1S/C28H31N/c1-27(2,3)20-11-13-21(14-12-20)29(4)22-15-16-24-23-9-5-6-10-25(23)28(26(24)19-22)17-7-8-18-28/h5-6,9-16,19H,7-8,17-18H2,1-4H3. The van der Waals surface area contributed by atoms with Gasteiger partial charge in [-0.15, -0.1) is 0 Å². The second kappa shape index (κ2) is 6.49. The molecule has 0 radical (unpaired) electrons. The molecule has 1 spiro atoms. The van der Waals surface area contributed by atoms with E-state index in [1.807, 2.05) is 0 Å². The van der Waals surface area contributed by atoms with E-state index >= 15 is 0 Å². The van der Waals surface area contributed by atoms with E-state index in [4.69, 9.17) is 0 Å². The molecule has 1 nitrogen and oxygen atoms in total. The Morgan fingerprint density at radius 1 is 0.724 bits per heavy atom. The van der Waals surface area contributed by atoms with Crippen LogP contribution in [0.2, 0.25) is 0 Å². The predicted octanol–water partition coefficient (Wildman–Crippen LogP) is 7.59. The SMILES string of the molecule is CN(c1ccc(C(C)(C)C)cc1)c1ccc2c(c1)C1(CCCC1)c1ccccc1-2. The molecule has 0 heterocycles. The molecule has 0 amide bonds. The quantitative estimate of drug-likeness (QED) is 0.442. The van der Waals surface area contributed by atoms with Crippen LogP contribution in [-0.2, 0) is 10.8 Å². The highest BCUT2D eigenvalue weighted by Gasteiger charge is 2.44. The first-order valence-electron chi connectivity index (χ1n) is 11.0. The van der Waals surface area contributed by atoms with Gasteiger partial charge in [0.25, 0.3) is 0 Å². The van der Waals surface area contributed by atoms with Crippen molar-refractivity contribution in [3.8, 4) is 11.1 Å². The predicted molar refractivity (Wildman–Crippen MR) is 124 cm³/mol. The monoisotopic (exact) mass is 381 g/mol. The van der Waals surface area contributed by atoms with Crippen molar-refractivity contribution < 1.29 is 0 Å². The van der Waals surface area contributed by atoms with Crippen LogP contribution < -0.4 is 4.90 Å². The second-order valence-corrected chi connectivity index (χ2v) is 9.92. The lowest BCUT2D eigenvalue weighted by Gasteiger charge is -2.28. The number of anilines is 2. The van der Waals surface area contributed by atoms with Crippen molar-refractivity contribution in [1.82, 2.24) is 0 Å². The third-order valence-corrected chi connectivity index (χ3v) is 7.22. The van der Waals surface area contributed by atoms with Crippen LogP contribution in [0.25, 0.3) is 11.1 Å². The van der Waals surface area contributed by atoms with Gasteiger partial charge >= 0.3 is 0 Å². The van der Waals surface area contributed by atoms with Crippen LogP contribution in [-0.4, -0.2) is 7.05 Å². The summed E-state index contributed by atoms with van der Waals surface area (Å²) in [6.45, 7) is 6.81. The average molecular weight is 382 g/mol. The molecule has 0 saturated heterocycles. The number of hydrogen-bond acceptors (Lipinski definition) is 1. The largest absolute Gasteiger partial charge is 0.345 e. The first kappa shape index (κ1) is 18.5. The highest BCUT2D eigenvalue weighted by Crippen LogP contribution is 2.57. The Hall–Kier alpha value is -2.54. The summed E-state index contributed by atoms with van der Waals surface area (Å²) in [5.41, 5.74) is 10.3. The minimum absolute atomic E-state index is 0.186. The van der Waals surface area contributed by atoms with Gasteiger partial charge in [0.05, 0.1) is 0 Å². The van der Waals surface area contributed by atoms with Gasteiger partial charge in [-0.05, 0) is 70.3 Å². The van der Waals surface area contributed by atoms with Gasteiger partial charge in [0, 0.05) is 23.8 Å². The summed E-state index contributed by atoms with van der Waals surface area (Å²) in [6, 6.07) is 25.3. The number of rotatable bonds is 2. The van der Waals surface area contributed by atoms with E-state index in [-0.39, 0.29) is 10.8 Å². The molecule has 0 bridgehead atoms. The van der Waals surface area contributed by atoms with Gasteiger partial charge in [-0.25, -0.2) is 0 Å². The van der Waals surface area contributed by atoms with Gasteiger partial charge in [0.2, 0.25) is 0 Å². The van der Waals surface area contributed by atoms with Gasteiger partial charge < -0.3 is 4.90 Å². The summed E-state index contributed by atoms with van der Waals surface area (Å²) in [4.78, 5) is 2.33. The lowest BCUT2D eigenvalue weighted by atomic mass is 9.76. The Morgan fingerprint density at radius 2 is 1.34 bits per heavy atom. The van der Waals surface area contributed by atoms with Crippen LogP contribution in [0, 0.1) is 0 Å². The molecule has 148 valence electrons. The summed E-state index contributed by atoms with van der Waals surface area (Å²) in [6.07, 6.45) is 5.24. The third kappa shape index (κ3) is 2.82. The summed E-state index contributed by atoms with van der Waals surface area (Å²) >= 11 is 0. The summed E-state index contributed by atoms with van der Waals surface area (Å²) in [7, 11) is 2.19. The van der Waals surface area contributed by atoms with Crippen LogP contribution in [0.15, 0.2) is 66.7 Å². The van der Waals surface area contributed by atoms with E-state index in [0.717, 1.165) is 0 Å². The van der Waals surface area contributed by atoms with Crippen LogP contribution in [0.1, 0.15) is 63.1 Å². The van der Waals surface area contributed by atoms with Gasteiger partial charge in [-0.2, -0.15) is 0 Å². The molecule has 0 atom stereocenters. The van der Waals surface area contributed by atoms with E-state index in [1.165, 1.54) is 53.7 Å². The molecule has 2 aliphatic carbocycles. The summed E-state index contributed by atoms with van der Waals surface area (Å²) in [5.74, 6) is 0. The number of nitrogens with zero attached hydrogens (tertiary/aromatic N) is 1. The highest BCUT2D eigenvalue weighted by molar-refractivity contribution is 5.83. The Bertz CT molecular complexity index is 1050. The van der Waals surface area contributed by atoms with Crippen molar-refractivity contribution in [3.05, 3.63) is 83.4 Å². The van der Waals surface area contributed by atoms with Crippen molar-refractivity contribution in [1.29, 1.82) is 0 Å². The normalized spacial score (nSPS) is 16.7. The van der Waals surface area contributed by atoms with E-state index in [9.17, 15) is 0 Å². The van der Waals surface area contributed by atoms with Crippen molar-refractivity contribution in [2.45, 2.75) is 57.3 Å². The molecule has 2 aliphatic rings. The summed E-state index contributed by atoms with van der Waals surface area (Å²) < 4.78 is 0. The molecule has 0 aliphatic heterocycles. The molecule has 3 aromatic carbocycles. The highest BCUT2D eigenvalue weighted by atomic mass is 15.1. The van der Waals surface area contributed by atoms with Crippen LogP contribution in [0.3, 0.4) is 0 Å². The van der Waals surface area contributed by atoms with Crippen molar-refractivity contribution in [2.24, 2.45) is 0 Å². The minimum Gasteiger partial charge on any atom is -0.345 e. The zero-order valence-electron chi connectivity index (χ0n) is 18.1. The molecule has 0 N–H and O–H groups in total. The van der Waals surface area contributed by atoms with E-state index < -0.39 is 0 Å². The maximum Gasteiger partial charge on any atom is 0.0411 e. The molecule has 0 unspecified atom stereocenters. The second-order valence-electron chi connectivity index (χ2n) is 9.92. The first-order valence-corrected chi connectivity index (χ1v) is 11.0. The summed E-state index contributed by atoms with van der Waals surface area (Å²) in [5, 5.41) is 0. The molecule has 1 heteroatoms. The molecular weight excluding hydrogens is 350 g/mol. The lowest BCUT2D eigenvalue weighted by Crippen LogP contribution is -2.21.